The number of nitrogens with two attached hydrogens (primary N) is 1. The first-order valence-electron chi connectivity index (χ1n) is 6.47. The van der Waals surface area contributed by atoms with Crippen LogP contribution in [0, 0.1) is 10.1 Å². The molecule has 0 radical (unpaired) electrons. The Labute approximate surface area is 148 Å². The van der Waals surface area contributed by atoms with Gasteiger partial charge in [-0.25, -0.2) is 4.98 Å². The summed E-state index contributed by atoms with van der Waals surface area (Å²) in [5.41, 5.74) is 5.34. The van der Waals surface area contributed by atoms with E-state index >= 15 is 0 Å². The smallest absolute Gasteiger partial charge is 0.300 e. The Balaban J connectivity index is 2.32. The van der Waals surface area contributed by atoms with E-state index in [1.807, 2.05) is 0 Å². The molecule has 0 aliphatic rings. The summed E-state index contributed by atoms with van der Waals surface area (Å²) in [7, 11) is 0. The Bertz CT molecular complexity index is 821. The van der Waals surface area contributed by atoms with Gasteiger partial charge in [-0.3, -0.25) is 14.9 Å². The van der Waals surface area contributed by atoms with E-state index in [4.69, 9.17) is 5.73 Å². The lowest BCUT2D eigenvalue weighted by atomic mass is 10.2. The van der Waals surface area contributed by atoms with Gasteiger partial charge in [0.1, 0.15) is 12.1 Å². The van der Waals surface area contributed by atoms with Crippen molar-refractivity contribution in [2.75, 3.05) is 11.1 Å². The minimum Gasteiger partial charge on any atom is -0.397 e. The molecule has 25 heavy (non-hydrogen) atoms. The van der Waals surface area contributed by atoms with E-state index in [2.05, 4.69) is 10.3 Å². The van der Waals surface area contributed by atoms with Crippen molar-refractivity contribution in [1.29, 1.82) is 0 Å². The molecule has 132 valence electrons. The maximum absolute atomic E-state index is 12.5. The first kappa shape index (κ1) is 18.9. The van der Waals surface area contributed by atoms with Crippen molar-refractivity contribution in [3.05, 3.63) is 52.3 Å². The highest BCUT2D eigenvalue weighted by Crippen LogP contribution is 2.42. The number of nitro groups is 1. The molecule has 2 aromatic rings. The van der Waals surface area contributed by atoms with Crippen molar-refractivity contribution >= 4 is 46.9 Å². The fourth-order valence-corrected chi connectivity index (χ4v) is 2.90. The van der Waals surface area contributed by atoms with E-state index in [1.54, 1.807) is 6.07 Å². The number of thioether (sulfide) groups is 1. The quantitative estimate of drug-likeness (QED) is 0.253. The summed E-state index contributed by atoms with van der Waals surface area (Å²) in [4.78, 5) is 26.0. The van der Waals surface area contributed by atoms with Crippen LogP contribution in [0.3, 0.4) is 0 Å². The molecule has 1 amide bonds. The van der Waals surface area contributed by atoms with Gasteiger partial charge in [0.05, 0.1) is 15.5 Å². The number of hydrogen-bond acceptors (Lipinski definition) is 9. The monoisotopic (exact) mass is 386 g/mol. The highest BCUT2D eigenvalue weighted by atomic mass is 32.2. The third kappa shape index (κ3) is 4.79. The SMILES string of the molecule is Nc1cccnc1C(=O)Nc1ccc([N+](=O)[O-])c(SC(O)(O)SF)c1. The summed E-state index contributed by atoms with van der Waals surface area (Å²) < 4.78 is 9.58. The summed E-state index contributed by atoms with van der Waals surface area (Å²) in [5.74, 6) is -0.665. The zero-order valence-corrected chi connectivity index (χ0v) is 13.9. The van der Waals surface area contributed by atoms with E-state index in [0.29, 0.717) is 0 Å². The lowest BCUT2D eigenvalue weighted by Crippen LogP contribution is -2.17. The van der Waals surface area contributed by atoms with Gasteiger partial charge in [-0.15, -0.1) is 0 Å². The summed E-state index contributed by atoms with van der Waals surface area (Å²) >= 11 is -0.695. The predicted molar refractivity (Wildman–Crippen MR) is 91.4 cm³/mol. The minimum atomic E-state index is -2.92. The predicted octanol–water partition coefficient (Wildman–Crippen LogP) is 2.13. The summed E-state index contributed by atoms with van der Waals surface area (Å²) in [5, 5.41) is 32.1. The third-order valence-corrected chi connectivity index (χ3v) is 4.26. The topological polar surface area (TPSA) is 152 Å². The first-order chi connectivity index (χ1) is 11.7. The Hall–Kier alpha value is -2.41. The number of halogens is 1. The van der Waals surface area contributed by atoms with Crippen LogP contribution in [0.4, 0.5) is 20.9 Å². The molecule has 0 bridgehead atoms. The standard InChI is InChI=1S/C13H11FN4O5S2/c14-25-13(20,21)24-10-6-7(3-4-9(10)18(22)23)17-12(19)11-8(15)2-1-5-16-11/h1-6,20-21H,15H2,(H,17,19). The average Bonchev–Trinajstić information content (AvgIpc) is 2.54. The molecule has 0 fully saturated rings. The molecule has 0 unspecified atom stereocenters. The summed E-state index contributed by atoms with van der Waals surface area (Å²) in [6.07, 6.45) is 1.37. The molecular weight excluding hydrogens is 375 g/mol. The molecule has 0 saturated carbocycles. The lowest BCUT2D eigenvalue weighted by Gasteiger charge is -2.15. The number of amides is 1. The number of nitrogen functional groups attached to an aromatic ring is 1. The molecule has 1 heterocycles. The third-order valence-electron chi connectivity index (χ3n) is 2.81. The van der Waals surface area contributed by atoms with E-state index in [0.717, 1.165) is 12.1 Å². The molecule has 1 aromatic heterocycles. The van der Waals surface area contributed by atoms with E-state index < -0.39 is 33.1 Å². The number of nitrogens with one attached hydrogen (secondary N) is 1. The second kappa shape index (κ2) is 7.65. The van der Waals surface area contributed by atoms with Crippen molar-refractivity contribution in [3.8, 4) is 0 Å². The van der Waals surface area contributed by atoms with Gasteiger partial charge in [0.2, 0.25) is 0 Å². The number of rotatable bonds is 6. The normalized spacial score (nSPS) is 11.2. The number of hydrogen-bond donors (Lipinski definition) is 4. The largest absolute Gasteiger partial charge is 0.397 e. The Morgan fingerprint density at radius 2 is 2.12 bits per heavy atom. The summed E-state index contributed by atoms with van der Waals surface area (Å²) in [6.45, 7) is 0. The van der Waals surface area contributed by atoms with E-state index in [9.17, 15) is 29.0 Å². The number of aromatic nitrogens is 1. The van der Waals surface area contributed by atoms with E-state index in [1.165, 1.54) is 18.3 Å². The number of carbonyl (C=O) groups excluding carboxylic acids is 1. The van der Waals surface area contributed by atoms with Gasteiger partial charge in [-0.1, -0.05) is 0 Å². The molecule has 0 atom stereocenters. The van der Waals surface area contributed by atoms with Crippen LogP contribution in [0.2, 0.25) is 0 Å². The minimum absolute atomic E-state index is 0.0481. The van der Waals surface area contributed by atoms with Crippen molar-refractivity contribution in [2.45, 2.75) is 9.35 Å². The van der Waals surface area contributed by atoms with Gasteiger partial charge in [0.15, 0.2) is 5.69 Å². The molecule has 0 saturated heterocycles. The number of nitro benzene ring substituents is 1. The van der Waals surface area contributed by atoms with Crippen LogP contribution in [-0.4, -0.2) is 30.5 Å². The van der Waals surface area contributed by atoms with Crippen LogP contribution in [0.25, 0.3) is 0 Å². The van der Waals surface area contributed by atoms with E-state index in [-0.39, 0.29) is 33.7 Å². The fraction of sp³-hybridized carbons (Fsp3) is 0.0769. The molecule has 1 aromatic carbocycles. The lowest BCUT2D eigenvalue weighted by molar-refractivity contribution is -0.387. The average molecular weight is 386 g/mol. The molecule has 0 spiro atoms. The first-order valence-corrected chi connectivity index (χ1v) is 8.00. The van der Waals surface area contributed by atoms with Crippen LogP contribution >= 0.6 is 23.9 Å². The maximum Gasteiger partial charge on any atom is 0.300 e. The molecule has 5 N–H and O–H groups in total. The number of nitrogens with zero attached hydrogens (tertiary/aromatic N) is 2. The second-order valence-corrected chi connectivity index (χ2v) is 6.76. The zero-order valence-electron chi connectivity index (χ0n) is 12.2. The van der Waals surface area contributed by atoms with Crippen molar-refractivity contribution in [3.63, 3.8) is 0 Å². The van der Waals surface area contributed by atoms with Crippen molar-refractivity contribution in [2.24, 2.45) is 0 Å². The highest BCUT2D eigenvalue weighted by molar-refractivity contribution is 8.15. The van der Waals surface area contributed by atoms with Gasteiger partial charge in [0.25, 0.3) is 16.0 Å². The molecular formula is C13H11FN4O5S2. The Morgan fingerprint density at radius 1 is 1.40 bits per heavy atom. The van der Waals surface area contributed by atoms with Gasteiger partial charge >= 0.3 is 0 Å². The van der Waals surface area contributed by atoms with Gasteiger partial charge in [-0.05, 0) is 36.0 Å². The molecule has 0 aliphatic carbocycles. The van der Waals surface area contributed by atoms with Gasteiger partial charge in [-0.2, -0.15) is 3.89 Å². The maximum atomic E-state index is 12.5. The van der Waals surface area contributed by atoms with Gasteiger partial charge in [0, 0.05) is 18.0 Å². The number of anilines is 2. The summed E-state index contributed by atoms with van der Waals surface area (Å²) in [6, 6.07) is 6.40. The van der Waals surface area contributed by atoms with Crippen LogP contribution in [0.15, 0.2) is 41.4 Å². The van der Waals surface area contributed by atoms with Crippen LogP contribution < -0.4 is 11.1 Å². The van der Waals surface area contributed by atoms with Crippen LogP contribution in [-0.2, 0) is 0 Å². The Morgan fingerprint density at radius 3 is 2.72 bits per heavy atom. The fourth-order valence-electron chi connectivity index (χ4n) is 1.78. The van der Waals surface area contributed by atoms with Crippen molar-refractivity contribution < 1.29 is 23.8 Å². The highest BCUT2D eigenvalue weighted by Gasteiger charge is 2.31. The number of pyridine rings is 1. The number of benzene rings is 1. The van der Waals surface area contributed by atoms with Crippen molar-refractivity contribution in [1.82, 2.24) is 4.98 Å². The molecule has 2 rings (SSSR count). The number of aliphatic hydroxyl groups is 2. The van der Waals surface area contributed by atoms with Crippen LogP contribution in [0.1, 0.15) is 10.5 Å². The zero-order chi connectivity index (χ0) is 18.6. The van der Waals surface area contributed by atoms with Gasteiger partial charge < -0.3 is 21.3 Å². The second-order valence-electron chi connectivity index (χ2n) is 4.56. The molecule has 0 aliphatic heterocycles. The molecule has 9 nitrogen and oxygen atoms in total. The molecule has 12 heteroatoms. The van der Waals surface area contributed by atoms with Crippen LogP contribution in [0.5, 0.6) is 0 Å². The Kier molecular flexibility index (Phi) is 5.79. The number of carbonyl (C=O) groups is 1.